The Morgan fingerprint density at radius 3 is 2.33 bits per heavy atom. The van der Waals surface area contributed by atoms with Crippen LogP contribution in [0.1, 0.15) is 94.7 Å². The van der Waals surface area contributed by atoms with Crippen LogP contribution >= 0.6 is 0 Å². The van der Waals surface area contributed by atoms with Crippen LogP contribution in [-0.4, -0.2) is 20.2 Å². The Morgan fingerprint density at radius 1 is 0.953 bits per heavy atom. The van der Waals surface area contributed by atoms with E-state index in [2.05, 4.69) is 13.8 Å². The Kier molecular flexibility index (Phi) is 10.5. The molecule has 2 atom stereocenters. The van der Waals surface area contributed by atoms with Crippen molar-refractivity contribution in [1.82, 2.24) is 0 Å². The highest BCUT2D eigenvalue weighted by Gasteiger charge is 2.38. The van der Waals surface area contributed by atoms with Gasteiger partial charge < -0.3 is 14.2 Å². The Morgan fingerprint density at radius 2 is 1.70 bits per heavy atom. The van der Waals surface area contributed by atoms with E-state index in [-0.39, 0.29) is 59.0 Å². The van der Waals surface area contributed by atoms with E-state index in [9.17, 15) is 4.79 Å². The smallest absolute Gasteiger partial charge is 0.306 e. The first-order chi connectivity index (χ1) is 20.6. The third kappa shape index (κ3) is 7.19. The maximum absolute atomic E-state index is 15.7. The van der Waals surface area contributed by atoms with Gasteiger partial charge in [0.25, 0.3) is 0 Å². The average Bonchev–Trinajstić information content (AvgIpc) is 3.79. The molecule has 0 spiro atoms. The minimum atomic E-state index is -0.556. The van der Waals surface area contributed by atoms with E-state index in [1.54, 1.807) is 24.3 Å². The second kappa shape index (κ2) is 13.9. The van der Waals surface area contributed by atoms with Gasteiger partial charge in [0.1, 0.15) is 24.0 Å². The van der Waals surface area contributed by atoms with Gasteiger partial charge in [0, 0.05) is 17.0 Å². The number of methoxy groups -OCH3 is 2. The third-order valence-electron chi connectivity index (χ3n) is 8.90. The van der Waals surface area contributed by atoms with E-state index in [4.69, 9.17) is 14.2 Å². The number of ether oxygens (including phenoxy) is 3. The molecule has 0 N–H and O–H groups in total. The summed E-state index contributed by atoms with van der Waals surface area (Å²) in [7, 11) is 2.83. The fraction of sp³-hybridized carbons (Fsp3) is 0.472. The Hall–Kier alpha value is -3.48. The second-order valence-electron chi connectivity index (χ2n) is 12.0. The summed E-state index contributed by atoms with van der Waals surface area (Å²) in [5.41, 5.74) is 2.24. The zero-order valence-electron chi connectivity index (χ0n) is 26.1. The van der Waals surface area contributed by atoms with Gasteiger partial charge in [-0.25, -0.2) is 13.2 Å². The van der Waals surface area contributed by atoms with Crippen LogP contribution in [0.4, 0.5) is 13.2 Å². The maximum Gasteiger partial charge on any atom is 0.306 e. The highest BCUT2D eigenvalue weighted by molar-refractivity contribution is 5.71. The van der Waals surface area contributed by atoms with Crippen molar-refractivity contribution in [2.75, 3.05) is 14.2 Å². The molecule has 5 rings (SSSR count). The summed E-state index contributed by atoms with van der Waals surface area (Å²) >= 11 is 0. The number of carbonyl (C=O) groups is 1. The van der Waals surface area contributed by atoms with Crippen LogP contribution < -0.4 is 9.47 Å². The van der Waals surface area contributed by atoms with Crippen LogP contribution in [0.2, 0.25) is 0 Å². The lowest BCUT2D eigenvalue weighted by Gasteiger charge is -2.30. The lowest BCUT2D eigenvalue weighted by molar-refractivity contribution is -0.141. The van der Waals surface area contributed by atoms with Crippen LogP contribution in [-0.2, 0) is 16.1 Å². The lowest BCUT2D eigenvalue weighted by Crippen LogP contribution is -2.17. The fourth-order valence-corrected chi connectivity index (χ4v) is 6.38. The first-order valence-corrected chi connectivity index (χ1v) is 15.3. The summed E-state index contributed by atoms with van der Waals surface area (Å²) in [6.45, 7) is 8.17. The van der Waals surface area contributed by atoms with Crippen LogP contribution in [0, 0.1) is 28.8 Å². The van der Waals surface area contributed by atoms with Gasteiger partial charge in [-0.2, -0.15) is 0 Å². The second-order valence-corrected chi connectivity index (χ2v) is 12.0. The highest BCUT2D eigenvalue weighted by Crippen LogP contribution is 2.52. The Bertz CT molecular complexity index is 1430. The number of hydrogen-bond acceptors (Lipinski definition) is 4. The molecule has 2 unspecified atom stereocenters. The number of rotatable bonds is 10. The lowest BCUT2D eigenvalue weighted by atomic mass is 9.75. The van der Waals surface area contributed by atoms with E-state index < -0.39 is 17.5 Å². The van der Waals surface area contributed by atoms with Gasteiger partial charge in [-0.1, -0.05) is 46.2 Å². The zero-order chi connectivity index (χ0) is 31.3. The molecule has 3 aromatic carbocycles. The van der Waals surface area contributed by atoms with Crippen molar-refractivity contribution in [3.63, 3.8) is 0 Å². The normalized spacial score (nSPS) is 17.9. The molecule has 0 bridgehead atoms. The molecular weight excluding hydrogens is 553 g/mol. The molecule has 0 saturated heterocycles. The van der Waals surface area contributed by atoms with Crippen molar-refractivity contribution in [3.05, 3.63) is 82.7 Å². The van der Waals surface area contributed by atoms with Crippen LogP contribution in [0.15, 0.2) is 48.5 Å². The van der Waals surface area contributed by atoms with Gasteiger partial charge in [0.05, 0.1) is 20.6 Å². The summed E-state index contributed by atoms with van der Waals surface area (Å²) in [5, 5.41) is 0. The predicted octanol–water partition coefficient (Wildman–Crippen LogP) is 9.74. The number of hydrogen-bond donors (Lipinski definition) is 0. The highest BCUT2D eigenvalue weighted by atomic mass is 19.1. The molecule has 43 heavy (non-hydrogen) atoms. The van der Waals surface area contributed by atoms with Crippen molar-refractivity contribution >= 4 is 5.97 Å². The Labute approximate surface area is 253 Å². The first-order valence-electron chi connectivity index (χ1n) is 15.3. The van der Waals surface area contributed by atoms with Crippen LogP contribution in [0.5, 0.6) is 11.5 Å². The summed E-state index contributed by atoms with van der Waals surface area (Å²) in [6.07, 6.45) is 4.88. The molecule has 0 aliphatic heterocycles. The SMILES string of the molecule is CC.COC(=O)CC(c1cccc(OCc2cc(C3CCCC3(C)C)c(-c3cc(OC)ccc3F)cc2F)c1F)C1CC1. The average molecular weight is 597 g/mol. The van der Waals surface area contributed by atoms with Crippen LogP contribution in [0.25, 0.3) is 11.1 Å². The minimum Gasteiger partial charge on any atom is -0.497 e. The first kappa shape index (κ1) is 32.4. The largest absolute Gasteiger partial charge is 0.497 e. The zero-order valence-corrected chi connectivity index (χ0v) is 26.1. The number of benzene rings is 3. The van der Waals surface area contributed by atoms with Crippen molar-refractivity contribution in [2.45, 2.75) is 84.7 Å². The molecule has 0 radical (unpaired) electrons. The molecular formula is C36H43F3O4. The van der Waals surface area contributed by atoms with Crippen molar-refractivity contribution in [1.29, 1.82) is 0 Å². The van der Waals surface area contributed by atoms with Gasteiger partial charge in [-0.15, -0.1) is 0 Å². The molecule has 2 saturated carbocycles. The van der Waals surface area contributed by atoms with Gasteiger partial charge in [-0.3, -0.25) is 4.79 Å². The number of carbonyl (C=O) groups excluding carboxylic acids is 1. The molecule has 2 fully saturated rings. The number of halogens is 3. The van der Waals surface area contributed by atoms with E-state index in [0.717, 1.165) is 37.7 Å². The molecule has 2 aliphatic carbocycles. The molecule has 4 nitrogen and oxygen atoms in total. The summed E-state index contributed by atoms with van der Waals surface area (Å²) in [4.78, 5) is 12.0. The molecule has 232 valence electrons. The van der Waals surface area contributed by atoms with Crippen molar-refractivity contribution < 1.29 is 32.2 Å². The van der Waals surface area contributed by atoms with E-state index in [1.807, 2.05) is 13.8 Å². The van der Waals surface area contributed by atoms with Crippen molar-refractivity contribution in [2.24, 2.45) is 11.3 Å². The van der Waals surface area contributed by atoms with Gasteiger partial charge in [0.2, 0.25) is 0 Å². The molecule has 2 aliphatic rings. The van der Waals surface area contributed by atoms with Gasteiger partial charge in [-0.05, 0) is 96.0 Å². The van der Waals surface area contributed by atoms with Crippen LogP contribution in [0.3, 0.4) is 0 Å². The standard InChI is InChI=1S/C34H37F3O4.C2H6/c1-34(2)14-6-8-28(34)26-15-21(30(36)17-25(26)27-16-22(39-3)12-13-29(27)35)19-41-31-9-5-7-23(33(31)37)24(20-10-11-20)18-32(38)40-4;1-2/h5,7,9,12-13,15-17,20,24,28H,6,8,10-11,14,18-19H2,1-4H3;1-2H3. The topological polar surface area (TPSA) is 44.8 Å². The minimum absolute atomic E-state index is 0.00285. The Balaban J connectivity index is 0.00000207. The summed E-state index contributed by atoms with van der Waals surface area (Å²) < 4.78 is 62.4. The molecule has 0 amide bonds. The molecule has 7 heteroatoms. The quantitative estimate of drug-likeness (QED) is 0.219. The monoisotopic (exact) mass is 596 g/mol. The van der Waals surface area contributed by atoms with Gasteiger partial charge in [0.15, 0.2) is 11.6 Å². The molecule has 0 aromatic heterocycles. The fourth-order valence-electron chi connectivity index (χ4n) is 6.38. The van der Waals surface area contributed by atoms with E-state index >= 15 is 13.2 Å². The van der Waals surface area contributed by atoms with Gasteiger partial charge >= 0.3 is 5.97 Å². The van der Waals surface area contributed by atoms with E-state index in [0.29, 0.717) is 16.9 Å². The van der Waals surface area contributed by atoms with Crippen molar-refractivity contribution in [3.8, 4) is 22.6 Å². The molecule has 0 heterocycles. The maximum atomic E-state index is 15.7. The molecule has 3 aromatic rings. The summed E-state index contributed by atoms with van der Waals surface area (Å²) in [6, 6.07) is 12.5. The summed E-state index contributed by atoms with van der Waals surface area (Å²) in [5.74, 6) is -1.44. The number of esters is 1. The van der Waals surface area contributed by atoms with E-state index in [1.165, 1.54) is 38.5 Å². The third-order valence-corrected chi connectivity index (χ3v) is 8.90. The predicted molar refractivity (Wildman–Crippen MR) is 163 cm³/mol.